The predicted molar refractivity (Wildman–Crippen MR) is 98.9 cm³/mol. The number of hydrogen-bond acceptors (Lipinski definition) is 2. The van der Waals surface area contributed by atoms with Crippen LogP contribution in [0, 0.1) is 5.41 Å². The molecule has 0 aromatic heterocycles. The summed E-state index contributed by atoms with van der Waals surface area (Å²) in [6.07, 6.45) is 5.31. The highest BCUT2D eigenvalue weighted by Crippen LogP contribution is 2.56. The molecule has 4 heteroatoms. The van der Waals surface area contributed by atoms with Gasteiger partial charge in [-0.1, -0.05) is 26.8 Å². The maximum absolute atomic E-state index is 13.2. The number of carbonyl (C=O) groups excluding carboxylic acids is 1. The van der Waals surface area contributed by atoms with Crippen molar-refractivity contribution >= 4 is 6.03 Å². The topological polar surface area (TPSA) is 43.8 Å². The Balaban J connectivity index is 1.71. The van der Waals surface area contributed by atoms with Gasteiger partial charge < -0.3 is 14.9 Å². The highest BCUT2D eigenvalue weighted by Gasteiger charge is 2.57. The lowest BCUT2D eigenvalue weighted by atomic mass is 9.51. The summed E-state index contributed by atoms with van der Waals surface area (Å²) >= 11 is 0. The normalized spacial score (nSPS) is 30.8. The highest BCUT2D eigenvalue weighted by molar-refractivity contribution is 5.75. The van der Waals surface area contributed by atoms with E-state index >= 15 is 0 Å². The number of urea groups is 1. The molecule has 25 heavy (non-hydrogen) atoms. The SMILES string of the molecule is CC12CCN(C(=O)N3CCCCC3)C(Cc3cc(O)ccc31)C2(C)C. The molecule has 1 aromatic carbocycles. The largest absolute Gasteiger partial charge is 0.508 e. The second kappa shape index (κ2) is 5.65. The quantitative estimate of drug-likeness (QED) is 0.777. The fraction of sp³-hybridized carbons (Fsp3) is 0.667. The van der Waals surface area contributed by atoms with E-state index in [0.717, 1.165) is 45.3 Å². The minimum absolute atomic E-state index is 0.0146. The minimum Gasteiger partial charge on any atom is -0.508 e. The molecule has 0 radical (unpaired) electrons. The maximum Gasteiger partial charge on any atom is 0.320 e. The van der Waals surface area contributed by atoms with E-state index in [-0.39, 0.29) is 22.9 Å². The van der Waals surface area contributed by atoms with Gasteiger partial charge >= 0.3 is 6.03 Å². The van der Waals surface area contributed by atoms with Crippen molar-refractivity contribution in [1.82, 2.24) is 9.80 Å². The van der Waals surface area contributed by atoms with Crippen molar-refractivity contribution in [3.05, 3.63) is 29.3 Å². The third kappa shape index (κ3) is 2.37. The fourth-order valence-electron chi connectivity index (χ4n) is 5.42. The van der Waals surface area contributed by atoms with Crippen LogP contribution in [-0.4, -0.2) is 46.6 Å². The average Bonchev–Trinajstić information content (AvgIpc) is 2.58. The number of piperidine rings is 2. The van der Waals surface area contributed by atoms with Crippen LogP contribution in [0.25, 0.3) is 0 Å². The molecular weight excluding hydrogens is 312 g/mol. The van der Waals surface area contributed by atoms with Gasteiger partial charge in [0, 0.05) is 31.1 Å². The molecule has 1 N–H and O–H groups in total. The van der Waals surface area contributed by atoms with E-state index in [4.69, 9.17) is 0 Å². The zero-order valence-electron chi connectivity index (χ0n) is 15.7. The molecule has 0 saturated carbocycles. The molecule has 136 valence electrons. The maximum atomic E-state index is 13.2. The number of benzene rings is 1. The molecule has 2 atom stereocenters. The molecule has 2 saturated heterocycles. The zero-order chi connectivity index (χ0) is 17.8. The van der Waals surface area contributed by atoms with Gasteiger partial charge in [0.1, 0.15) is 5.75 Å². The average molecular weight is 342 g/mol. The lowest BCUT2D eigenvalue weighted by molar-refractivity contribution is -0.0242. The van der Waals surface area contributed by atoms with Gasteiger partial charge in [-0.15, -0.1) is 0 Å². The predicted octanol–water partition coefficient (Wildman–Crippen LogP) is 3.91. The number of hydrogen-bond donors (Lipinski definition) is 1. The Kier molecular flexibility index (Phi) is 3.78. The molecule has 4 rings (SSSR count). The zero-order valence-corrected chi connectivity index (χ0v) is 15.7. The van der Waals surface area contributed by atoms with Gasteiger partial charge in [0.25, 0.3) is 0 Å². The molecule has 2 aliphatic heterocycles. The Hall–Kier alpha value is -1.71. The van der Waals surface area contributed by atoms with Gasteiger partial charge in [-0.3, -0.25) is 0 Å². The van der Waals surface area contributed by atoms with Gasteiger partial charge in [-0.2, -0.15) is 0 Å². The van der Waals surface area contributed by atoms with Crippen LogP contribution in [0.2, 0.25) is 0 Å². The molecule has 2 bridgehead atoms. The third-order valence-electron chi connectivity index (χ3n) is 7.45. The molecule has 0 spiro atoms. The van der Waals surface area contributed by atoms with Crippen LogP contribution in [0.4, 0.5) is 4.79 Å². The summed E-state index contributed by atoms with van der Waals surface area (Å²) in [5.41, 5.74) is 2.62. The first-order valence-electron chi connectivity index (χ1n) is 9.72. The van der Waals surface area contributed by atoms with E-state index in [1.54, 1.807) is 0 Å². The molecule has 1 aromatic rings. The Labute approximate surface area is 150 Å². The van der Waals surface area contributed by atoms with E-state index < -0.39 is 0 Å². The Morgan fingerprint density at radius 2 is 1.84 bits per heavy atom. The van der Waals surface area contributed by atoms with Crippen LogP contribution in [0.5, 0.6) is 5.75 Å². The van der Waals surface area contributed by atoms with Gasteiger partial charge in [-0.25, -0.2) is 4.79 Å². The molecule has 1 aliphatic carbocycles. The van der Waals surface area contributed by atoms with E-state index in [1.165, 1.54) is 17.5 Å². The van der Waals surface area contributed by atoms with Crippen molar-refractivity contribution in [3.8, 4) is 5.75 Å². The lowest BCUT2D eigenvalue weighted by Gasteiger charge is -2.61. The number of carbonyl (C=O) groups is 1. The first kappa shape index (κ1) is 16.7. The number of phenolic OH excluding ortho intramolecular Hbond substituents is 1. The summed E-state index contributed by atoms with van der Waals surface area (Å²) < 4.78 is 0. The number of phenols is 1. The standard InChI is InChI=1S/C21H30N2O2/c1-20(2)18-14-15-13-16(24)7-8-17(15)21(20,3)9-12-23(18)19(25)22-10-5-4-6-11-22/h7-8,13,18,24H,4-6,9-12,14H2,1-3H3. The Morgan fingerprint density at radius 1 is 1.12 bits per heavy atom. The Bertz CT molecular complexity index is 693. The van der Waals surface area contributed by atoms with Crippen LogP contribution < -0.4 is 0 Å². The number of aromatic hydroxyl groups is 1. The first-order valence-corrected chi connectivity index (χ1v) is 9.72. The molecule has 4 nitrogen and oxygen atoms in total. The minimum atomic E-state index is 0.0146. The van der Waals surface area contributed by atoms with Gasteiger partial charge in [0.05, 0.1) is 0 Å². The summed E-state index contributed by atoms with van der Waals surface area (Å²) in [5, 5.41) is 9.96. The van der Waals surface area contributed by atoms with Crippen molar-refractivity contribution in [2.24, 2.45) is 5.41 Å². The van der Waals surface area contributed by atoms with Crippen molar-refractivity contribution in [3.63, 3.8) is 0 Å². The summed E-state index contributed by atoms with van der Waals surface area (Å²) in [4.78, 5) is 17.4. The molecule has 3 aliphatic rings. The third-order valence-corrected chi connectivity index (χ3v) is 7.45. The van der Waals surface area contributed by atoms with Crippen molar-refractivity contribution < 1.29 is 9.90 Å². The summed E-state index contributed by atoms with van der Waals surface area (Å²) in [6, 6.07) is 6.24. The van der Waals surface area contributed by atoms with Gasteiger partial charge in [0.2, 0.25) is 0 Å². The number of fused-ring (bicyclic) bond motifs is 4. The second-order valence-corrected chi connectivity index (χ2v) is 8.89. The molecule has 2 unspecified atom stereocenters. The summed E-state index contributed by atoms with van der Waals surface area (Å²) in [5.74, 6) is 0.328. The monoisotopic (exact) mass is 342 g/mol. The molecule has 2 amide bonds. The van der Waals surface area contributed by atoms with Gasteiger partial charge in [-0.05, 0) is 60.8 Å². The molecular formula is C21H30N2O2. The lowest BCUT2D eigenvalue weighted by Crippen LogP contribution is -2.66. The second-order valence-electron chi connectivity index (χ2n) is 8.89. The van der Waals surface area contributed by atoms with Crippen molar-refractivity contribution in [1.29, 1.82) is 0 Å². The molecule has 2 heterocycles. The van der Waals surface area contributed by atoms with Crippen molar-refractivity contribution in [2.45, 2.75) is 64.3 Å². The molecule has 2 fully saturated rings. The van der Waals surface area contributed by atoms with Crippen LogP contribution in [0.3, 0.4) is 0 Å². The van der Waals surface area contributed by atoms with E-state index in [2.05, 4.69) is 36.6 Å². The summed E-state index contributed by atoms with van der Waals surface area (Å²) in [6.45, 7) is 9.62. The fourth-order valence-corrected chi connectivity index (χ4v) is 5.42. The number of likely N-dealkylation sites (tertiary alicyclic amines) is 2. The van der Waals surface area contributed by atoms with E-state index in [1.807, 2.05) is 12.1 Å². The Morgan fingerprint density at radius 3 is 2.56 bits per heavy atom. The smallest absolute Gasteiger partial charge is 0.320 e. The summed E-state index contributed by atoms with van der Waals surface area (Å²) in [7, 11) is 0. The van der Waals surface area contributed by atoms with Crippen LogP contribution in [0.1, 0.15) is 57.6 Å². The van der Waals surface area contributed by atoms with E-state index in [0.29, 0.717) is 5.75 Å². The number of rotatable bonds is 0. The van der Waals surface area contributed by atoms with Crippen LogP contribution in [0.15, 0.2) is 18.2 Å². The van der Waals surface area contributed by atoms with Gasteiger partial charge in [0.15, 0.2) is 0 Å². The number of amides is 2. The van der Waals surface area contributed by atoms with Crippen molar-refractivity contribution in [2.75, 3.05) is 19.6 Å². The number of nitrogens with zero attached hydrogens (tertiary/aromatic N) is 2. The highest BCUT2D eigenvalue weighted by atomic mass is 16.3. The van der Waals surface area contributed by atoms with Crippen LogP contribution in [-0.2, 0) is 11.8 Å². The first-order chi connectivity index (χ1) is 11.8. The van der Waals surface area contributed by atoms with E-state index in [9.17, 15) is 9.90 Å². The van der Waals surface area contributed by atoms with Crippen LogP contribution >= 0.6 is 0 Å².